The summed E-state index contributed by atoms with van der Waals surface area (Å²) in [6.45, 7) is 4.05. The van der Waals surface area contributed by atoms with Crippen LogP contribution in [0.25, 0.3) is 0 Å². The summed E-state index contributed by atoms with van der Waals surface area (Å²) >= 11 is 0. The number of ketones is 1. The monoisotopic (exact) mass is 487 g/mol. The number of para-hydroxylation sites is 2. The van der Waals surface area contributed by atoms with E-state index in [1.165, 1.54) is 36.4 Å². The number of allylic oxidation sites excluding steroid dienone is 1. The van der Waals surface area contributed by atoms with Gasteiger partial charge in [0.1, 0.15) is 11.6 Å². The lowest BCUT2D eigenvalue weighted by molar-refractivity contribution is -0.119. The highest BCUT2D eigenvalue weighted by atomic mass is 19.1. The molecule has 3 aromatic carbocycles. The molecule has 0 unspecified atom stereocenters. The fourth-order valence-electron chi connectivity index (χ4n) is 5.11. The van der Waals surface area contributed by atoms with E-state index in [0.29, 0.717) is 29.7 Å². The van der Waals surface area contributed by atoms with Gasteiger partial charge in [0.05, 0.1) is 24.0 Å². The summed E-state index contributed by atoms with van der Waals surface area (Å²) < 4.78 is 27.2. The predicted molar refractivity (Wildman–Crippen MR) is 137 cm³/mol. The third-order valence-corrected chi connectivity index (χ3v) is 6.63. The van der Waals surface area contributed by atoms with E-state index in [2.05, 4.69) is 24.5 Å². The second-order valence-electron chi connectivity index (χ2n) is 10.1. The molecule has 1 atom stereocenters. The van der Waals surface area contributed by atoms with Crippen molar-refractivity contribution in [3.05, 3.63) is 101 Å². The lowest BCUT2D eigenvalue weighted by atomic mass is 9.73. The van der Waals surface area contributed by atoms with Crippen molar-refractivity contribution in [1.29, 1.82) is 0 Å². The maximum Gasteiger partial charge on any atom is 0.243 e. The molecule has 5 rings (SSSR count). The van der Waals surface area contributed by atoms with Gasteiger partial charge in [0.15, 0.2) is 5.78 Å². The van der Waals surface area contributed by atoms with Gasteiger partial charge in [-0.05, 0) is 65.9 Å². The largest absolute Gasteiger partial charge is 0.357 e. The minimum atomic E-state index is -0.598. The number of carbonyl (C=O) groups excluding carboxylic acids is 2. The van der Waals surface area contributed by atoms with Gasteiger partial charge in [-0.2, -0.15) is 0 Å². The summed E-state index contributed by atoms with van der Waals surface area (Å²) in [6, 6.07) is 18.6. The van der Waals surface area contributed by atoms with Crippen molar-refractivity contribution < 1.29 is 18.4 Å². The molecule has 0 bridgehead atoms. The van der Waals surface area contributed by atoms with Crippen LogP contribution in [0.5, 0.6) is 0 Å². The lowest BCUT2D eigenvalue weighted by Gasteiger charge is -2.37. The van der Waals surface area contributed by atoms with E-state index >= 15 is 0 Å². The van der Waals surface area contributed by atoms with Crippen LogP contribution >= 0.6 is 0 Å². The Labute approximate surface area is 208 Å². The van der Waals surface area contributed by atoms with Gasteiger partial charge in [-0.3, -0.25) is 9.59 Å². The highest BCUT2D eigenvalue weighted by Crippen LogP contribution is 2.48. The van der Waals surface area contributed by atoms with E-state index in [9.17, 15) is 18.4 Å². The zero-order chi connectivity index (χ0) is 25.4. The first-order chi connectivity index (χ1) is 17.2. The van der Waals surface area contributed by atoms with Crippen LogP contribution in [0.15, 0.2) is 84.1 Å². The van der Waals surface area contributed by atoms with E-state index in [1.54, 1.807) is 12.1 Å². The van der Waals surface area contributed by atoms with Crippen LogP contribution in [-0.4, -0.2) is 18.2 Å². The highest BCUT2D eigenvalue weighted by Gasteiger charge is 2.41. The molecule has 0 aromatic heterocycles. The van der Waals surface area contributed by atoms with Gasteiger partial charge < -0.3 is 15.5 Å². The van der Waals surface area contributed by atoms with Crippen molar-refractivity contribution >= 4 is 28.8 Å². The number of Topliss-reactive ketones (excluding diaryl/α,β-unsaturated/α-hetero) is 1. The van der Waals surface area contributed by atoms with Crippen molar-refractivity contribution in [3.63, 3.8) is 0 Å². The molecule has 1 aliphatic carbocycles. The standard InChI is InChI=1S/C29H27F2N3O2/c1-29(2)15-23-27(25(35)16-29)28(18-7-9-19(30)10-8-18)34(24-6-4-3-5-22(24)33-23)17-26(36)32-21-13-11-20(31)12-14-21/h3-14,28,33H,15-17H2,1-2H3,(H,32,36)/t28-/m0/s1. The Balaban J connectivity index is 1.62. The number of fused-ring (bicyclic) bond motifs is 1. The van der Waals surface area contributed by atoms with Gasteiger partial charge in [0, 0.05) is 23.4 Å². The van der Waals surface area contributed by atoms with E-state index in [-0.39, 0.29) is 29.5 Å². The summed E-state index contributed by atoms with van der Waals surface area (Å²) in [6.07, 6.45) is 1.03. The number of carbonyl (C=O) groups is 2. The number of nitrogens with one attached hydrogen (secondary N) is 2. The molecular formula is C29H27F2N3O2. The molecular weight excluding hydrogens is 460 g/mol. The number of nitrogens with zero attached hydrogens (tertiary/aromatic N) is 1. The van der Waals surface area contributed by atoms with Crippen LogP contribution < -0.4 is 15.5 Å². The van der Waals surface area contributed by atoms with Crippen molar-refractivity contribution in [2.75, 3.05) is 22.1 Å². The van der Waals surface area contributed by atoms with Crippen LogP contribution in [0, 0.1) is 17.0 Å². The van der Waals surface area contributed by atoms with Gasteiger partial charge in [-0.15, -0.1) is 0 Å². The van der Waals surface area contributed by atoms with E-state index in [1.807, 2.05) is 29.2 Å². The van der Waals surface area contributed by atoms with Crippen molar-refractivity contribution in [3.8, 4) is 0 Å². The number of amides is 1. The number of hydrogen-bond donors (Lipinski definition) is 2. The Morgan fingerprint density at radius 3 is 2.31 bits per heavy atom. The van der Waals surface area contributed by atoms with Crippen LogP contribution in [0.2, 0.25) is 0 Å². The molecule has 3 aromatic rings. The summed E-state index contributed by atoms with van der Waals surface area (Å²) in [5.74, 6) is -1.09. The summed E-state index contributed by atoms with van der Waals surface area (Å²) in [7, 11) is 0. The minimum absolute atomic E-state index is 0.000163. The minimum Gasteiger partial charge on any atom is -0.357 e. The van der Waals surface area contributed by atoms with Crippen LogP contribution in [0.4, 0.5) is 25.8 Å². The molecule has 0 spiro atoms. The zero-order valence-corrected chi connectivity index (χ0v) is 20.1. The molecule has 0 fully saturated rings. The second kappa shape index (κ2) is 9.22. The average Bonchev–Trinajstić information content (AvgIpc) is 2.95. The summed E-state index contributed by atoms with van der Waals surface area (Å²) in [5, 5.41) is 6.30. The molecule has 1 heterocycles. The molecule has 184 valence electrons. The topological polar surface area (TPSA) is 61.4 Å². The van der Waals surface area contributed by atoms with Crippen LogP contribution in [0.1, 0.15) is 38.3 Å². The molecule has 1 aliphatic heterocycles. The smallest absolute Gasteiger partial charge is 0.243 e. The Hall–Kier alpha value is -4.00. The predicted octanol–water partition coefficient (Wildman–Crippen LogP) is 6.22. The number of benzene rings is 3. The fraction of sp³-hybridized carbons (Fsp3) is 0.241. The quantitative estimate of drug-likeness (QED) is 0.459. The molecule has 1 amide bonds. The summed E-state index contributed by atoms with van der Waals surface area (Å²) in [5.41, 5.74) is 3.91. The number of anilines is 3. The van der Waals surface area contributed by atoms with Gasteiger partial charge in [0.25, 0.3) is 0 Å². The SMILES string of the molecule is CC1(C)CC(=O)C2=C(C1)Nc1ccccc1N(CC(=O)Nc1ccc(F)cc1)[C@H]2c1ccc(F)cc1. The molecule has 2 aliphatic rings. The molecule has 0 saturated heterocycles. The van der Waals surface area contributed by atoms with Crippen LogP contribution in [-0.2, 0) is 9.59 Å². The Bertz CT molecular complexity index is 1350. The molecule has 7 heteroatoms. The summed E-state index contributed by atoms with van der Waals surface area (Å²) in [4.78, 5) is 28.7. The lowest BCUT2D eigenvalue weighted by Crippen LogP contribution is -2.40. The third kappa shape index (κ3) is 4.73. The van der Waals surface area contributed by atoms with E-state index in [0.717, 1.165) is 17.1 Å². The van der Waals surface area contributed by atoms with E-state index < -0.39 is 11.9 Å². The first kappa shape index (κ1) is 23.7. The van der Waals surface area contributed by atoms with E-state index in [4.69, 9.17) is 0 Å². The van der Waals surface area contributed by atoms with Gasteiger partial charge in [-0.25, -0.2) is 8.78 Å². The fourth-order valence-corrected chi connectivity index (χ4v) is 5.11. The van der Waals surface area contributed by atoms with Gasteiger partial charge in [0.2, 0.25) is 5.91 Å². The maximum absolute atomic E-state index is 13.9. The Morgan fingerprint density at radius 2 is 1.61 bits per heavy atom. The number of halogens is 2. The maximum atomic E-state index is 13.9. The molecule has 5 nitrogen and oxygen atoms in total. The van der Waals surface area contributed by atoms with Crippen LogP contribution in [0.3, 0.4) is 0 Å². The Morgan fingerprint density at radius 1 is 0.972 bits per heavy atom. The second-order valence-corrected chi connectivity index (χ2v) is 10.1. The van der Waals surface area contributed by atoms with Crippen molar-refractivity contribution in [2.45, 2.75) is 32.7 Å². The van der Waals surface area contributed by atoms with Gasteiger partial charge >= 0.3 is 0 Å². The van der Waals surface area contributed by atoms with Crippen molar-refractivity contribution in [1.82, 2.24) is 0 Å². The molecule has 36 heavy (non-hydrogen) atoms. The zero-order valence-electron chi connectivity index (χ0n) is 20.1. The first-order valence-corrected chi connectivity index (χ1v) is 11.9. The molecule has 0 saturated carbocycles. The van der Waals surface area contributed by atoms with Crippen molar-refractivity contribution in [2.24, 2.45) is 5.41 Å². The third-order valence-electron chi connectivity index (χ3n) is 6.63. The van der Waals surface area contributed by atoms with Gasteiger partial charge in [-0.1, -0.05) is 38.1 Å². The normalized spacial score (nSPS) is 18.6. The Kier molecular flexibility index (Phi) is 6.08. The first-order valence-electron chi connectivity index (χ1n) is 11.9. The number of rotatable bonds is 4. The molecule has 2 N–H and O–H groups in total. The highest BCUT2D eigenvalue weighted by molar-refractivity contribution is 6.02. The number of hydrogen-bond acceptors (Lipinski definition) is 4. The molecule has 0 radical (unpaired) electrons. The average molecular weight is 488 g/mol.